The molecule has 0 aromatic carbocycles. The van der Waals surface area contributed by atoms with E-state index in [1.165, 1.54) is 24.8 Å². The molecular formula is C15H26ClN3. The van der Waals surface area contributed by atoms with E-state index in [4.69, 9.17) is 11.6 Å². The Labute approximate surface area is 121 Å². The lowest BCUT2D eigenvalue weighted by Crippen LogP contribution is -2.41. The zero-order valence-electron chi connectivity index (χ0n) is 12.5. The summed E-state index contributed by atoms with van der Waals surface area (Å²) in [6.45, 7) is 7.68. The van der Waals surface area contributed by atoms with Gasteiger partial charge >= 0.3 is 0 Å². The monoisotopic (exact) mass is 283 g/mol. The van der Waals surface area contributed by atoms with Crippen molar-refractivity contribution in [3.63, 3.8) is 0 Å². The predicted octanol–water partition coefficient (Wildman–Crippen LogP) is 3.34. The minimum absolute atomic E-state index is 0.636. The van der Waals surface area contributed by atoms with Gasteiger partial charge in [0.05, 0.1) is 5.69 Å². The van der Waals surface area contributed by atoms with Gasteiger partial charge in [-0.2, -0.15) is 5.10 Å². The Morgan fingerprint density at radius 1 is 1.42 bits per heavy atom. The maximum absolute atomic E-state index is 6.37. The zero-order valence-corrected chi connectivity index (χ0v) is 13.3. The molecule has 4 heteroatoms. The van der Waals surface area contributed by atoms with Crippen LogP contribution in [0.2, 0.25) is 5.15 Å². The average molecular weight is 284 g/mol. The molecule has 1 aromatic heterocycles. The van der Waals surface area contributed by atoms with E-state index in [0.717, 1.165) is 29.7 Å². The smallest absolute Gasteiger partial charge is 0.130 e. The van der Waals surface area contributed by atoms with E-state index in [1.54, 1.807) is 4.68 Å². The van der Waals surface area contributed by atoms with Crippen LogP contribution in [-0.2, 0) is 13.5 Å². The summed E-state index contributed by atoms with van der Waals surface area (Å²) in [5, 5.41) is 8.89. The molecule has 0 aliphatic heterocycles. The first kappa shape index (κ1) is 14.9. The second-order valence-electron chi connectivity index (χ2n) is 6.02. The fourth-order valence-electron chi connectivity index (χ4n) is 3.42. The van der Waals surface area contributed by atoms with Gasteiger partial charge in [-0.15, -0.1) is 0 Å². The topological polar surface area (TPSA) is 29.9 Å². The highest BCUT2D eigenvalue weighted by molar-refractivity contribution is 6.30. The quantitative estimate of drug-likeness (QED) is 0.918. The van der Waals surface area contributed by atoms with E-state index in [-0.39, 0.29) is 0 Å². The number of aromatic nitrogens is 2. The predicted molar refractivity (Wildman–Crippen MR) is 80.6 cm³/mol. The molecule has 1 aliphatic carbocycles. The molecule has 1 fully saturated rings. The number of hydrogen-bond acceptors (Lipinski definition) is 2. The Balaban J connectivity index is 2.13. The summed E-state index contributed by atoms with van der Waals surface area (Å²) < 4.78 is 1.79. The highest BCUT2D eigenvalue weighted by atomic mass is 35.5. The number of hydrogen-bond donors (Lipinski definition) is 1. The largest absolute Gasteiger partial charge is 0.314 e. The lowest BCUT2D eigenvalue weighted by Gasteiger charge is -2.35. The molecule has 19 heavy (non-hydrogen) atoms. The van der Waals surface area contributed by atoms with Crippen molar-refractivity contribution in [2.45, 2.75) is 52.5 Å². The first-order valence-electron chi connectivity index (χ1n) is 7.44. The lowest BCUT2D eigenvalue weighted by atomic mass is 9.76. The molecule has 0 bridgehead atoms. The minimum Gasteiger partial charge on any atom is -0.314 e. The summed E-state index contributed by atoms with van der Waals surface area (Å²) in [6, 6.07) is 0.636. The normalized spacial score (nSPS) is 27.7. The van der Waals surface area contributed by atoms with E-state index in [9.17, 15) is 0 Å². The molecule has 3 atom stereocenters. The molecule has 1 aromatic rings. The Hall–Kier alpha value is -0.540. The van der Waals surface area contributed by atoms with Gasteiger partial charge in [-0.1, -0.05) is 25.4 Å². The summed E-state index contributed by atoms with van der Waals surface area (Å²) in [4.78, 5) is 0. The highest BCUT2D eigenvalue weighted by Crippen LogP contribution is 2.33. The van der Waals surface area contributed by atoms with Gasteiger partial charge in [-0.3, -0.25) is 4.68 Å². The maximum Gasteiger partial charge on any atom is 0.130 e. The fourth-order valence-corrected chi connectivity index (χ4v) is 3.67. The minimum atomic E-state index is 0.636. The van der Waals surface area contributed by atoms with Crippen LogP contribution in [0.4, 0.5) is 0 Å². The van der Waals surface area contributed by atoms with E-state index in [2.05, 4.69) is 31.2 Å². The van der Waals surface area contributed by atoms with Gasteiger partial charge in [0.1, 0.15) is 5.15 Å². The van der Waals surface area contributed by atoms with Crippen LogP contribution >= 0.6 is 11.6 Å². The van der Waals surface area contributed by atoms with Crippen LogP contribution < -0.4 is 5.32 Å². The van der Waals surface area contributed by atoms with Crippen molar-refractivity contribution < 1.29 is 0 Å². The van der Waals surface area contributed by atoms with Crippen LogP contribution in [-0.4, -0.2) is 22.4 Å². The molecule has 0 saturated heterocycles. The summed E-state index contributed by atoms with van der Waals surface area (Å²) in [6.07, 6.45) is 4.98. The fraction of sp³-hybridized carbons (Fsp3) is 0.800. The van der Waals surface area contributed by atoms with Crippen LogP contribution in [0.5, 0.6) is 0 Å². The number of nitrogens with zero attached hydrogens (tertiary/aromatic N) is 2. The standard InChI is InChI=1S/C15H26ClN3/c1-5-17-14-7-6-10(2)8-12(14)9-13-11(3)18-19(4)15(13)16/h10,12,14,17H,5-9H2,1-4H3. The Morgan fingerprint density at radius 2 is 2.16 bits per heavy atom. The van der Waals surface area contributed by atoms with E-state index in [1.807, 2.05) is 7.05 Å². The Bertz CT molecular complexity index is 427. The molecule has 1 N–H and O–H groups in total. The molecule has 1 saturated carbocycles. The van der Waals surface area contributed by atoms with E-state index < -0.39 is 0 Å². The van der Waals surface area contributed by atoms with Crippen LogP contribution in [0.3, 0.4) is 0 Å². The van der Waals surface area contributed by atoms with Gasteiger partial charge in [-0.25, -0.2) is 0 Å². The lowest BCUT2D eigenvalue weighted by molar-refractivity contribution is 0.214. The van der Waals surface area contributed by atoms with E-state index in [0.29, 0.717) is 12.0 Å². The number of aryl methyl sites for hydroxylation is 2. The van der Waals surface area contributed by atoms with Crippen molar-refractivity contribution in [1.82, 2.24) is 15.1 Å². The van der Waals surface area contributed by atoms with Crippen LogP contribution in [0.1, 0.15) is 44.4 Å². The number of halogens is 1. The third-order valence-corrected chi connectivity index (χ3v) is 4.92. The molecule has 1 heterocycles. The van der Waals surface area contributed by atoms with Crippen molar-refractivity contribution in [2.75, 3.05) is 6.54 Å². The molecule has 3 unspecified atom stereocenters. The van der Waals surface area contributed by atoms with Gasteiger partial charge in [0.15, 0.2) is 0 Å². The molecule has 3 nitrogen and oxygen atoms in total. The van der Waals surface area contributed by atoms with Crippen LogP contribution in [0.25, 0.3) is 0 Å². The zero-order chi connectivity index (χ0) is 14.0. The summed E-state index contributed by atoms with van der Waals surface area (Å²) in [7, 11) is 1.92. The number of rotatable bonds is 4. The molecule has 0 radical (unpaired) electrons. The van der Waals surface area contributed by atoms with Gasteiger partial charge in [0.2, 0.25) is 0 Å². The Morgan fingerprint density at radius 3 is 2.74 bits per heavy atom. The summed E-state index contributed by atoms with van der Waals surface area (Å²) in [5.41, 5.74) is 2.33. The molecular weight excluding hydrogens is 258 g/mol. The highest BCUT2D eigenvalue weighted by Gasteiger charge is 2.29. The van der Waals surface area contributed by atoms with Crippen LogP contribution in [0, 0.1) is 18.8 Å². The van der Waals surface area contributed by atoms with Crippen LogP contribution in [0.15, 0.2) is 0 Å². The van der Waals surface area contributed by atoms with Gasteiger partial charge in [-0.05, 0) is 51.0 Å². The summed E-state index contributed by atoms with van der Waals surface area (Å²) in [5.74, 6) is 1.51. The molecule has 108 valence electrons. The second-order valence-corrected chi connectivity index (χ2v) is 6.38. The van der Waals surface area contributed by atoms with E-state index >= 15 is 0 Å². The third kappa shape index (κ3) is 3.32. The van der Waals surface area contributed by atoms with Gasteiger partial charge < -0.3 is 5.32 Å². The summed E-state index contributed by atoms with van der Waals surface area (Å²) >= 11 is 6.37. The first-order valence-corrected chi connectivity index (χ1v) is 7.82. The van der Waals surface area contributed by atoms with Gasteiger partial charge in [0, 0.05) is 18.7 Å². The van der Waals surface area contributed by atoms with Crippen molar-refractivity contribution in [3.8, 4) is 0 Å². The second kappa shape index (κ2) is 6.27. The van der Waals surface area contributed by atoms with Crippen molar-refractivity contribution in [3.05, 3.63) is 16.4 Å². The van der Waals surface area contributed by atoms with Crippen molar-refractivity contribution in [1.29, 1.82) is 0 Å². The number of nitrogens with one attached hydrogen (secondary N) is 1. The molecule has 1 aliphatic rings. The maximum atomic E-state index is 6.37. The van der Waals surface area contributed by atoms with Crippen molar-refractivity contribution in [2.24, 2.45) is 18.9 Å². The first-order chi connectivity index (χ1) is 9.02. The van der Waals surface area contributed by atoms with Gasteiger partial charge in [0.25, 0.3) is 0 Å². The Kier molecular flexibility index (Phi) is 4.91. The SMILES string of the molecule is CCNC1CCC(C)CC1Cc1c(C)nn(C)c1Cl. The molecule has 0 amide bonds. The third-order valence-electron chi connectivity index (χ3n) is 4.45. The molecule has 0 spiro atoms. The average Bonchev–Trinajstić information content (AvgIpc) is 2.59. The van der Waals surface area contributed by atoms with Crippen molar-refractivity contribution >= 4 is 11.6 Å². The molecule has 2 rings (SSSR count).